The maximum absolute atomic E-state index is 10.4. The fraction of sp³-hybridized carbons (Fsp3) is 0.600. The second-order valence-electron chi connectivity index (χ2n) is 6.98. The van der Waals surface area contributed by atoms with Crippen LogP contribution < -0.4 is 0 Å². The van der Waals surface area contributed by atoms with E-state index < -0.39 is 18.3 Å². The van der Waals surface area contributed by atoms with E-state index in [9.17, 15) is 15.3 Å². The van der Waals surface area contributed by atoms with Gasteiger partial charge >= 0.3 is 0 Å². The smallest absolute Gasteiger partial charge is 0.0762 e. The van der Waals surface area contributed by atoms with Gasteiger partial charge in [-0.1, -0.05) is 36.5 Å². The van der Waals surface area contributed by atoms with Crippen LogP contribution >= 0.6 is 0 Å². The van der Waals surface area contributed by atoms with E-state index >= 15 is 0 Å². The molecule has 3 heteroatoms. The Morgan fingerprint density at radius 2 is 1.83 bits per heavy atom. The molecule has 0 amide bonds. The third kappa shape index (κ3) is 6.86. The molecule has 0 bridgehead atoms. The molecule has 0 heterocycles. The predicted molar refractivity (Wildman–Crippen MR) is 96.1 cm³/mol. The van der Waals surface area contributed by atoms with Crippen molar-refractivity contribution in [2.45, 2.75) is 71.2 Å². The molecule has 23 heavy (non-hydrogen) atoms. The molecule has 4 atom stereocenters. The van der Waals surface area contributed by atoms with Crippen LogP contribution in [0, 0.1) is 5.92 Å². The van der Waals surface area contributed by atoms with E-state index in [2.05, 4.69) is 26.2 Å². The maximum Gasteiger partial charge on any atom is 0.0762 e. The molecule has 0 aromatic rings. The third-order valence-corrected chi connectivity index (χ3v) is 4.69. The Kier molecular flexibility index (Phi) is 7.97. The summed E-state index contributed by atoms with van der Waals surface area (Å²) in [5.41, 5.74) is 3.67. The van der Waals surface area contributed by atoms with Gasteiger partial charge in [-0.05, 0) is 63.5 Å². The minimum atomic E-state index is -0.727. The molecule has 1 rings (SSSR count). The average Bonchev–Trinajstić information content (AvgIpc) is 2.46. The summed E-state index contributed by atoms with van der Waals surface area (Å²) in [6, 6.07) is 0. The Morgan fingerprint density at radius 1 is 1.17 bits per heavy atom. The van der Waals surface area contributed by atoms with Crippen LogP contribution in [0.3, 0.4) is 0 Å². The first kappa shape index (κ1) is 19.9. The number of hydrogen-bond acceptors (Lipinski definition) is 3. The van der Waals surface area contributed by atoms with E-state index in [4.69, 9.17) is 0 Å². The van der Waals surface area contributed by atoms with Crippen molar-refractivity contribution in [3.8, 4) is 0 Å². The van der Waals surface area contributed by atoms with Crippen molar-refractivity contribution in [1.82, 2.24) is 0 Å². The maximum atomic E-state index is 10.4. The van der Waals surface area contributed by atoms with Gasteiger partial charge in [-0.15, -0.1) is 0 Å². The molecule has 0 aliphatic heterocycles. The molecule has 0 saturated heterocycles. The summed E-state index contributed by atoms with van der Waals surface area (Å²) in [6.45, 7) is 13.8. The second-order valence-corrected chi connectivity index (χ2v) is 6.98. The van der Waals surface area contributed by atoms with Gasteiger partial charge in [0.1, 0.15) is 0 Å². The fourth-order valence-electron chi connectivity index (χ4n) is 2.85. The van der Waals surface area contributed by atoms with E-state index in [1.807, 2.05) is 13.8 Å². The van der Waals surface area contributed by atoms with Crippen molar-refractivity contribution in [3.05, 3.63) is 47.6 Å². The van der Waals surface area contributed by atoms with Crippen molar-refractivity contribution in [3.63, 3.8) is 0 Å². The van der Waals surface area contributed by atoms with Crippen molar-refractivity contribution < 1.29 is 15.3 Å². The van der Waals surface area contributed by atoms with Crippen LogP contribution in [0.15, 0.2) is 47.6 Å². The topological polar surface area (TPSA) is 60.7 Å². The molecule has 0 radical (unpaired) electrons. The largest absolute Gasteiger partial charge is 0.389 e. The quantitative estimate of drug-likeness (QED) is 0.646. The lowest BCUT2D eigenvalue weighted by atomic mass is 9.87. The first-order chi connectivity index (χ1) is 10.7. The third-order valence-electron chi connectivity index (χ3n) is 4.69. The first-order valence-electron chi connectivity index (χ1n) is 8.42. The molecular weight excluding hydrogens is 288 g/mol. The van der Waals surface area contributed by atoms with E-state index in [0.29, 0.717) is 24.8 Å². The Hall–Kier alpha value is -1.16. The van der Waals surface area contributed by atoms with Crippen molar-refractivity contribution in [2.75, 3.05) is 0 Å². The minimum Gasteiger partial charge on any atom is -0.389 e. The molecule has 0 aromatic carbocycles. The zero-order valence-electron chi connectivity index (χ0n) is 14.8. The monoisotopic (exact) mass is 320 g/mol. The number of allylic oxidation sites excluding steroid dienone is 3. The van der Waals surface area contributed by atoms with Crippen LogP contribution in [0.5, 0.6) is 0 Å². The summed E-state index contributed by atoms with van der Waals surface area (Å²) in [5, 5.41) is 30.7. The van der Waals surface area contributed by atoms with Gasteiger partial charge in [0, 0.05) is 6.42 Å². The zero-order chi connectivity index (χ0) is 17.6. The molecule has 0 aromatic heterocycles. The van der Waals surface area contributed by atoms with Crippen molar-refractivity contribution in [2.24, 2.45) is 5.92 Å². The highest BCUT2D eigenvalue weighted by Crippen LogP contribution is 2.26. The number of rotatable bonds is 1. The Bertz CT molecular complexity index is 487. The predicted octanol–water partition coefficient (Wildman–Crippen LogP) is 3.67. The lowest BCUT2D eigenvalue weighted by molar-refractivity contribution is 0.164. The minimum absolute atomic E-state index is 0.211. The molecule has 1 aliphatic rings. The highest BCUT2D eigenvalue weighted by atomic mass is 16.3. The van der Waals surface area contributed by atoms with Crippen LogP contribution in [0.4, 0.5) is 0 Å². The van der Waals surface area contributed by atoms with Crippen LogP contribution in [0.25, 0.3) is 0 Å². The van der Waals surface area contributed by atoms with E-state index in [-0.39, 0.29) is 5.92 Å². The van der Waals surface area contributed by atoms with Crippen LogP contribution in [-0.4, -0.2) is 33.6 Å². The van der Waals surface area contributed by atoms with Crippen LogP contribution in [0.2, 0.25) is 0 Å². The molecule has 3 nitrogen and oxygen atoms in total. The van der Waals surface area contributed by atoms with Crippen molar-refractivity contribution >= 4 is 0 Å². The Morgan fingerprint density at radius 3 is 2.43 bits per heavy atom. The summed E-state index contributed by atoms with van der Waals surface area (Å²) < 4.78 is 0. The molecule has 130 valence electrons. The summed E-state index contributed by atoms with van der Waals surface area (Å²) in [6.07, 6.45) is 5.11. The SMILES string of the molecule is C=C(C)[C@H]1C/C=C(/C)CC[C@H](O)C(=C)C[C@@H](O)/C=C(/C)[C@@H](O)C1. The van der Waals surface area contributed by atoms with Gasteiger partial charge in [0.25, 0.3) is 0 Å². The average molecular weight is 320 g/mol. The van der Waals surface area contributed by atoms with Gasteiger partial charge < -0.3 is 15.3 Å². The van der Waals surface area contributed by atoms with Crippen LogP contribution in [-0.2, 0) is 0 Å². The van der Waals surface area contributed by atoms with Gasteiger partial charge in [-0.2, -0.15) is 0 Å². The zero-order valence-corrected chi connectivity index (χ0v) is 14.8. The highest BCUT2D eigenvalue weighted by Gasteiger charge is 2.19. The first-order valence-corrected chi connectivity index (χ1v) is 8.42. The van der Waals surface area contributed by atoms with Gasteiger partial charge in [0.05, 0.1) is 18.3 Å². The Labute approximate surface area is 140 Å². The van der Waals surface area contributed by atoms with Gasteiger partial charge in [0.2, 0.25) is 0 Å². The number of aliphatic hydroxyl groups excluding tert-OH is 3. The van der Waals surface area contributed by atoms with E-state index in [1.165, 1.54) is 5.57 Å². The lowest BCUT2D eigenvalue weighted by Gasteiger charge is -2.22. The molecule has 1 aliphatic carbocycles. The normalized spacial score (nSPS) is 36.3. The van der Waals surface area contributed by atoms with Crippen LogP contribution in [0.1, 0.15) is 52.9 Å². The highest BCUT2D eigenvalue weighted by molar-refractivity contribution is 5.15. The van der Waals surface area contributed by atoms with E-state index in [0.717, 1.165) is 24.0 Å². The molecule has 0 unspecified atom stereocenters. The molecule has 0 spiro atoms. The Balaban J connectivity index is 3.00. The summed E-state index contributed by atoms with van der Waals surface area (Å²) in [7, 11) is 0. The molecule has 0 fully saturated rings. The summed E-state index contributed by atoms with van der Waals surface area (Å²) in [4.78, 5) is 0. The van der Waals surface area contributed by atoms with Gasteiger partial charge in [-0.25, -0.2) is 0 Å². The van der Waals surface area contributed by atoms with Gasteiger partial charge in [0.15, 0.2) is 0 Å². The summed E-state index contributed by atoms with van der Waals surface area (Å²) in [5.74, 6) is 0.211. The molecule has 0 saturated carbocycles. The standard InChI is InChI=1S/C20H32O3/c1-13(2)17-8-6-14(3)7-9-19(22)15(4)10-18(21)11-16(5)20(23)12-17/h6,11,17-23H,1,4,7-10,12H2,2-3,5H3/b14-6-,16-11-/t17-,18+,19-,20-/m0/s1. The summed E-state index contributed by atoms with van der Waals surface area (Å²) >= 11 is 0. The number of aliphatic hydroxyl groups is 3. The lowest BCUT2D eigenvalue weighted by Crippen LogP contribution is -2.19. The molecular formula is C20H32O3. The fourth-order valence-corrected chi connectivity index (χ4v) is 2.85. The number of hydrogen-bond donors (Lipinski definition) is 3. The van der Waals surface area contributed by atoms with Crippen molar-refractivity contribution in [1.29, 1.82) is 0 Å². The second kappa shape index (κ2) is 9.21. The molecule has 3 N–H and O–H groups in total. The van der Waals surface area contributed by atoms with Gasteiger partial charge in [-0.3, -0.25) is 0 Å². The van der Waals surface area contributed by atoms with E-state index in [1.54, 1.807) is 6.08 Å².